The Bertz CT molecular complexity index is 253. The Kier molecular flexibility index (Phi) is 14.3. The van der Waals surface area contributed by atoms with Gasteiger partial charge in [-0.2, -0.15) is 0 Å². The molecule has 9 heteroatoms. The third-order valence-electron chi connectivity index (χ3n) is 3.43. The van der Waals surface area contributed by atoms with Crippen LogP contribution in [0.25, 0.3) is 0 Å². The summed E-state index contributed by atoms with van der Waals surface area (Å²) in [4.78, 5) is 20.6. The van der Waals surface area contributed by atoms with E-state index in [1.165, 1.54) is 0 Å². The smallest absolute Gasteiger partial charge is 0.549 e. The van der Waals surface area contributed by atoms with E-state index in [4.69, 9.17) is 20.4 Å². The average Bonchev–Trinajstić information content (AvgIpc) is 2.44. The minimum Gasteiger partial charge on any atom is -0.549 e. The topological polar surface area (TPSA) is 161 Å². The molecule has 0 saturated carbocycles. The summed E-state index contributed by atoms with van der Waals surface area (Å²) in [5.74, 6) is -2.81. The van der Waals surface area contributed by atoms with Gasteiger partial charge in [0.15, 0.2) is 0 Å². The molecule has 21 heavy (non-hydrogen) atoms. The van der Waals surface area contributed by atoms with E-state index in [9.17, 15) is 19.8 Å². The molecule has 129 valence electrons. The molecule has 0 aromatic heterocycles. The molecule has 0 aliphatic carbocycles. The summed E-state index contributed by atoms with van der Waals surface area (Å²) in [6, 6.07) is 0. The molecule has 0 atom stereocenters. The van der Waals surface area contributed by atoms with Gasteiger partial charge in [-0.3, -0.25) is 0 Å². The average molecular weight is 358 g/mol. The minimum atomic E-state index is -1.46. The summed E-state index contributed by atoms with van der Waals surface area (Å²) in [7, 11) is 0. The summed E-state index contributed by atoms with van der Waals surface area (Å²) >= 11 is 0. The summed E-state index contributed by atoms with van der Waals surface area (Å²) < 4.78 is 0. The van der Waals surface area contributed by atoms with Crippen LogP contribution in [0.2, 0.25) is 0 Å². The molecule has 0 aromatic carbocycles. The molecule has 0 aromatic rings. The van der Waals surface area contributed by atoms with E-state index >= 15 is 0 Å². The van der Waals surface area contributed by atoms with Crippen molar-refractivity contribution >= 4 is 11.9 Å². The fraction of sp³-hybridized carbons (Fsp3) is 0.833. The third-order valence-corrected chi connectivity index (χ3v) is 3.43. The first-order chi connectivity index (χ1) is 9.25. The number of carbonyl (C=O) groups excluding carboxylic acids is 2. The van der Waals surface area contributed by atoms with E-state index in [0.717, 1.165) is 0 Å². The predicted octanol–water partition coefficient (Wildman–Crippen LogP) is -3.77. The number of aliphatic hydroxyl groups is 4. The third kappa shape index (κ3) is 6.73. The van der Waals surface area contributed by atoms with Crippen LogP contribution in [0.4, 0.5) is 0 Å². The Hall–Kier alpha value is -0.701. The van der Waals surface area contributed by atoms with E-state index in [-0.39, 0.29) is 29.9 Å². The number of aliphatic hydroxyl groups excluding tert-OH is 4. The van der Waals surface area contributed by atoms with Crippen LogP contribution in [-0.4, -0.2) is 58.8 Å². The molecule has 0 unspecified atom stereocenters. The molecule has 0 spiro atoms. The summed E-state index contributed by atoms with van der Waals surface area (Å²) in [6.07, 6.45) is 0.338. The van der Waals surface area contributed by atoms with Gasteiger partial charge in [0.25, 0.3) is 0 Å². The molecule has 0 fully saturated rings. The molecule has 0 heterocycles. The summed E-state index contributed by atoms with van der Waals surface area (Å²) in [5.41, 5.74) is -2.92. The number of rotatable bonds is 8. The molecule has 1 radical (unpaired) electrons. The van der Waals surface area contributed by atoms with Crippen LogP contribution in [0, 0.1) is 10.8 Å². The van der Waals surface area contributed by atoms with Gasteiger partial charge in [0.05, 0.1) is 49.2 Å². The summed E-state index contributed by atoms with van der Waals surface area (Å²) in [6.45, 7) is 0.819. The molecule has 0 aliphatic rings. The first kappa shape index (κ1) is 25.3. The van der Waals surface area contributed by atoms with Crippen LogP contribution in [0.3, 0.4) is 0 Å². The van der Waals surface area contributed by atoms with Crippen molar-refractivity contribution in [1.82, 2.24) is 0 Å². The van der Waals surface area contributed by atoms with Gasteiger partial charge in [-0.05, 0) is 12.8 Å². The van der Waals surface area contributed by atoms with E-state index in [1.54, 1.807) is 13.8 Å². The maximum atomic E-state index is 10.3. The minimum absolute atomic E-state index is 0. The van der Waals surface area contributed by atoms with Gasteiger partial charge in [-0.1, -0.05) is 13.8 Å². The van der Waals surface area contributed by atoms with Crippen LogP contribution in [0.1, 0.15) is 26.7 Å². The van der Waals surface area contributed by atoms with Gasteiger partial charge in [0.2, 0.25) is 0 Å². The Morgan fingerprint density at radius 2 is 0.952 bits per heavy atom. The van der Waals surface area contributed by atoms with Crippen molar-refractivity contribution in [3.8, 4) is 0 Å². The molecule has 8 nitrogen and oxygen atoms in total. The van der Waals surface area contributed by atoms with Crippen molar-refractivity contribution < 1.29 is 57.3 Å². The maximum Gasteiger partial charge on any atom is 2.00 e. The van der Waals surface area contributed by atoms with E-state index in [1.807, 2.05) is 0 Å². The van der Waals surface area contributed by atoms with Gasteiger partial charge >= 0.3 is 17.1 Å². The standard InChI is InChI=1S/2C6H12O4.Cu/c2*1-2-6(3-7,4-8)5(9)10;/h2*7-8H,2-4H2,1H3,(H,9,10);/q;;+2/p-2. The largest absolute Gasteiger partial charge is 2.00 e. The van der Waals surface area contributed by atoms with Crippen molar-refractivity contribution in [2.24, 2.45) is 10.8 Å². The second kappa shape index (κ2) is 11.9. The number of carboxylic acid groups (broad SMARTS) is 2. The zero-order valence-electron chi connectivity index (χ0n) is 12.0. The van der Waals surface area contributed by atoms with Crippen molar-refractivity contribution in [3.05, 3.63) is 0 Å². The van der Waals surface area contributed by atoms with Gasteiger partial charge in [0, 0.05) is 0 Å². The van der Waals surface area contributed by atoms with Gasteiger partial charge in [0.1, 0.15) is 0 Å². The molecule has 0 aliphatic heterocycles. The second-order valence-corrected chi connectivity index (χ2v) is 4.48. The number of hydrogen-bond donors (Lipinski definition) is 4. The predicted molar refractivity (Wildman–Crippen MR) is 63.8 cm³/mol. The van der Waals surface area contributed by atoms with Gasteiger partial charge in [-0.25, -0.2) is 0 Å². The Morgan fingerprint density at radius 1 is 0.762 bits per heavy atom. The fourth-order valence-corrected chi connectivity index (χ4v) is 1.09. The SMILES string of the molecule is CCC(CO)(CO)C(=O)[O-].CCC(CO)(CO)C(=O)[O-].[Cu+2]. The van der Waals surface area contributed by atoms with E-state index < -0.39 is 49.2 Å². The molecule has 4 N–H and O–H groups in total. The normalized spacial score (nSPS) is 11.0. The fourth-order valence-electron chi connectivity index (χ4n) is 1.09. The molecular formula is C12H22CuO8. The molecule has 0 saturated heterocycles. The Balaban J connectivity index is -0.000000295. The molecular weight excluding hydrogens is 336 g/mol. The monoisotopic (exact) mass is 357 g/mol. The van der Waals surface area contributed by atoms with E-state index in [2.05, 4.69) is 0 Å². The van der Waals surface area contributed by atoms with Crippen LogP contribution >= 0.6 is 0 Å². The van der Waals surface area contributed by atoms with E-state index in [0.29, 0.717) is 0 Å². The van der Waals surface area contributed by atoms with Gasteiger partial charge < -0.3 is 40.2 Å². The Morgan fingerprint density at radius 3 is 0.952 bits per heavy atom. The molecule has 0 bridgehead atoms. The van der Waals surface area contributed by atoms with Crippen LogP contribution in [0.15, 0.2) is 0 Å². The van der Waals surface area contributed by atoms with Crippen LogP contribution in [0.5, 0.6) is 0 Å². The quantitative estimate of drug-likeness (QED) is 0.322. The number of hydrogen-bond acceptors (Lipinski definition) is 8. The number of carbonyl (C=O) groups is 2. The van der Waals surface area contributed by atoms with Crippen molar-refractivity contribution in [2.45, 2.75) is 26.7 Å². The van der Waals surface area contributed by atoms with Crippen molar-refractivity contribution in [2.75, 3.05) is 26.4 Å². The Labute approximate surface area is 133 Å². The number of aliphatic carboxylic acids is 2. The first-order valence-electron chi connectivity index (χ1n) is 6.12. The maximum absolute atomic E-state index is 10.3. The van der Waals surface area contributed by atoms with Gasteiger partial charge in [-0.15, -0.1) is 0 Å². The second-order valence-electron chi connectivity index (χ2n) is 4.48. The zero-order valence-corrected chi connectivity index (χ0v) is 12.9. The molecule has 0 rings (SSSR count). The van der Waals surface area contributed by atoms with Crippen molar-refractivity contribution in [1.29, 1.82) is 0 Å². The zero-order chi connectivity index (χ0) is 16.4. The van der Waals surface area contributed by atoms with Crippen molar-refractivity contribution in [3.63, 3.8) is 0 Å². The van der Waals surface area contributed by atoms with Crippen LogP contribution in [-0.2, 0) is 26.7 Å². The summed E-state index contributed by atoms with van der Waals surface area (Å²) in [5, 5.41) is 54.8. The molecule has 0 amide bonds. The first-order valence-corrected chi connectivity index (χ1v) is 6.12. The van der Waals surface area contributed by atoms with Crippen LogP contribution < -0.4 is 10.2 Å². The number of carboxylic acids is 2.